The van der Waals surface area contributed by atoms with E-state index in [0.29, 0.717) is 30.8 Å². The first-order chi connectivity index (χ1) is 8.25. The van der Waals surface area contributed by atoms with E-state index in [1.54, 1.807) is 0 Å². The Hall–Kier alpha value is -1.44. The Kier molecular flexibility index (Phi) is 4.08. The van der Waals surface area contributed by atoms with Gasteiger partial charge in [0, 0.05) is 25.2 Å². The summed E-state index contributed by atoms with van der Waals surface area (Å²) in [7, 11) is 0. The van der Waals surface area contributed by atoms with Gasteiger partial charge >= 0.3 is 0 Å². The molecule has 0 spiro atoms. The zero-order valence-corrected chi connectivity index (χ0v) is 10.0. The van der Waals surface area contributed by atoms with E-state index in [2.05, 4.69) is 0 Å². The molecule has 0 N–H and O–H groups in total. The first kappa shape index (κ1) is 12.0. The number of benzene rings is 1. The van der Waals surface area contributed by atoms with Crippen molar-refractivity contribution >= 4 is 11.6 Å². The monoisotopic (exact) mass is 230 g/mol. The second-order valence-electron chi connectivity index (χ2n) is 4.78. The van der Waals surface area contributed by atoms with Crippen LogP contribution in [0.25, 0.3) is 0 Å². The van der Waals surface area contributed by atoms with Gasteiger partial charge in [-0.15, -0.1) is 0 Å². The summed E-state index contributed by atoms with van der Waals surface area (Å²) in [6.07, 6.45) is 3.98. The van der Waals surface area contributed by atoms with E-state index >= 15 is 0 Å². The highest BCUT2D eigenvalue weighted by Crippen LogP contribution is 2.21. The van der Waals surface area contributed by atoms with Crippen LogP contribution in [0, 0.1) is 5.92 Å². The summed E-state index contributed by atoms with van der Waals surface area (Å²) in [6, 6.07) is 10.1. The van der Waals surface area contributed by atoms with E-state index in [1.807, 2.05) is 30.3 Å². The molecule has 0 radical (unpaired) electrons. The van der Waals surface area contributed by atoms with Crippen LogP contribution in [-0.4, -0.2) is 11.6 Å². The number of ketones is 2. The van der Waals surface area contributed by atoms with Crippen LogP contribution < -0.4 is 0 Å². The molecule has 1 aromatic carbocycles. The van der Waals surface area contributed by atoms with Gasteiger partial charge in [0.15, 0.2) is 0 Å². The van der Waals surface area contributed by atoms with Crippen LogP contribution in [0.5, 0.6) is 0 Å². The SMILES string of the molecule is O=C1CCCC(=O)C(Cc2ccccc2)CC1. The molecule has 1 aromatic rings. The number of hydrogen-bond acceptors (Lipinski definition) is 2. The van der Waals surface area contributed by atoms with E-state index in [9.17, 15) is 9.59 Å². The Morgan fingerprint density at radius 2 is 1.76 bits per heavy atom. The van der Waals surface area contributed by atoms with Gasteiger partial charge in [0.2, 0.25) is 0 Å². The topological polar surface area (TPSA) is 34.1 Å². The Labute approximate surface area is 102 Å². The third kappa shape index (κ3) is 3.52. The third-order valence-electron chi connectivity index (χ3n) is 3.43. The molecule has 0 aliphatic heterocycles. The Balaban J connectivity index is 2.02. The third-order valence-corrected chi connectivity index (χ3v) is 3.43. The number of rotatable bonds is 2. The zero-order chi connectivity index (χ0) is 12.1. The van der Waals surface area contributed by atoms with Gasteiger partial charge in [-0.05, 0) is 24.8 Å². The standard InChI is InChI=1S/C15H18O2/c16-14-7-4-8-15(17)13(9-10-14)11-12-5-2-1-3-6-12/h1-3,5-6,13H,4,7-11H2. The normalized spacial score (nSPS) is 22.0. The quantitative estimate of drug-likeness (QED) is 0.782. The summed E-state index contributed by atoms with van der Waals surface area (Å²) in [5.74, 6) is 0.693. The molecule has 17 heavy (non-hydrogen) atoms. The van der Waals surface area contributed by atoms with Gasteiger partial charge < -0.3 is 0 Å². The first-order valence-electron chi connectivity index (χ1n) is 6.34. The molecular formula is C15H18O2. The van der Waals surface area contributed by atoms with Crippen LogP contribution in [0.2, 0.25) is 0 Å². The van der Waals surface area contributed by atoms with Gasteiger partial charge in [-0.25, -0.2) is 0 Å². The largest absolute Gasteiger partial charge is 0.300 e. The van der Waals surface area contributed by atoms with Crippen molar-refractivity contribution in [1.82, 2.24) is 0 Å². The summed E-state index contributed by atoms with van der Waals surface area (Å²) >= 11 is 0. The predicted octanol–water partition coefficient (Wildman–Crippen LogP) is 2.95. The molecule has 2 nitrogen and oxygen atoms in total. The van der Waals surface area contributed by atoms with Crippen molar-refractivity contribution in [3.05, 3.63) is 35.9 Å². The minimum Gasteiger partial charge on any atom is -0.300 e. The number of carbonyl (C=O) groups is 2. The molecule has 0 aromatic heterocycles. The highest BCUT2D eigenvalue weighted by Gasteiger charge is 2.22. The van der Waals surface area contributed by atoms with Gasteiger partial charge in [-0.2, -0.15) is 0 Å². The predicted molar refractivity (Wildman–Crippen MR) is 66.7 cm³/mol. The molecule has 0 heterocycles. The van der Waals surface area contributed by atoms with Gasteiger partial charge in [0.05, 0.1) is 0 Å². The Morgan fingerprint density at radius 3 is 2.53 bits per heavy atom. The van der Waals surface area contributed by atoms with Crippen molar-refractivity contribution in [2.75, 3.05) is 0 Å². The van der Waals surface area contributed by atoms with Crippen molar-refractivity contribution in [3.8, 4) is 0 Å². The smallest absolute Gasteiger partial charge is 0.136 e. The highest BCUT2D eigenvalue weighted by molar-refractivity contribution is 5.85. The lowest BCUT2D eigenvalue weighted by Crippen LogP contribution is -2.21. The lowest BCUT2D eigenvalue weighted by molar-refractivity contribution is -0.125. The highest BCUT2D eigenvalue weighted by atomic mass is 16.1. The van der Waals surface area contributed by atoms with E-state index in [4.69, 9.17) is 0 Å². The van der Waals surface area contributed by atoms with Crippen molar-refractivity contribution in [1.29, 1.82) is 0 Å². The van der Waals surface area contributed by atoms with Gasteiger partial charge in [-0.3, -0.25) is 9.59 Å². The lowest BCUT2D eigenvalue weighted by atomic mass is 9.85. The number of carbonyl (C=O) groups excluding carboxylic acids is 2. The fourth-order valence-corrected chi connectivity index (χ4v) is 2.40. The van der Waals surface area contributed by atoms with Crippen LogP contribution >= 0.6 is 0 Å². The van der Waals surface area contributed by atoms with Gasteiger partial charge in [0.1, 0.15) is 11.6 Å². The molecule has 1 atom stereocenters. The molecule has 1 saturated carbocycles. The molecular weight excluding hydrogens is 212 g/mol. The van der Waals surface area contributed by atoms with Crippen molar-refractivity contribution in [3.63, 3.8) is 0 Å². The maximum Gasteiger partial charge on any atom is 0.136 e. The summed E-state index contributed by atoms with van der Waals surface area (Å²) in [5, 5.41) is 0. The van der Waals surface area contributed by atoms with Crippen molar-refractivity contribution in [2.45, 2.75) is 38.5 Å². The van der Waals surface area contributed by atoms with Crippen LogP contribution in [-0.2, 0) is 16.0 Å². The maximum atomic E-state index is 12.0. The summed E-state index contributed by atoms with van der Waals surface area (Å²) in [5.41, 5.74) is 1.19. The molecule has 90 valence electrons. The molecule has 1 fully saturated rings. The summed E-state index contributed by atoms with van der Waals surface area (Å²) in [6.45, 7) is 0. The maximum absolute atomic E-state index is 12.0. The first-order valence-corrected chi connectivity index (χ1v) is 6.34. The van der Waals surface area contributed by atoms with Crippen molar-refractivity contribution in [2.24, 2.45) is 5.92 Å². The fraction of sp³-hybridized carbons (Fsp3) is 0.467. The Morgan fingerprint density at radius 1 is 1.00 bits per heavy atom. The van der Waals surface area contributed by atoms with Crippen LogP contribution in [0.1, 0.15) is 37.7 Å². The van der Waals surface area contributed by atoms with E-state index in [1.165, 1.54) is 5.56 Å². The van der Waals surface area contributed by atoms with E-state index in [-0.39, 0.29) is 5.92 Å². The average molecular weight is 230 g/mol. The van der Waals surface area contributed by atoms with Crippen molar-refractivity contribution < 1.29 is 9.59 Å². The second-order valence-corrected chi connectivity index (χ2v) is 4.78. The number of hydrogen-bond donors (Lipinski definition) is 0. The second kappa shape index (κ2) is 5.76. The summed E-state index contributed by atoms with van der Waals surface area (Å²) < 4.78 is 0. The van der Waals surface area contributed by atoms with Crippen LogP contribution in [0.4, 0.5) is 0 Å². The van der Waals surface area contributed by atoms with Crippen LogP contribution in [0.3, 0.4) is 0 Å². The molecule has 2 rings (SSSR count). The zero-order valence-electron chi connectivity index (χ0n) is 10.0. The molecule has 2 heteroatoms. The minimum atomic E-state index is 0.0432. The fourth-order valence-electron chi connectivity index (χ4n) is 2.40. The van der Waals surface area contributed by atoms with E-state index in [0.717, 1.165) is 19.3 Å². The molecule has 1 aliphatic rings. The molecule has 0 bridgehead atoms. The minimum absolute atomic E-state index is 0.0432. The Bertz CT molecular complexity index is 395. The van der Waals surface area contributed by atoms with Crippen LogP contribution in [0.15, 0.2) is 30.3 Å². The molecule has 1 unspecified atom stereocenters. The molecule has 0 saturated heterocycles. The van der Waals surface area contributed by atoms with Gasteiger partial charge in [-0.1, -0.05) is 30.3 Å². The van der Waals surface area contributed by atoms with E-state index < -0.39 is 0 Å². The molecule has 0 amide bonds. The number of Topliss-reactive ketones (excluding diaryl/α,β-unsaturated/α-hetero) is 2. The average Bonchev–Trinajstić information content (AvgIpc) is 2.34. The lowest BCUT2D eigenvalue weighted by Gasteiger charge is -2.18. The van der Waals surface area contributed by atoms with Gasteiger partial charge in [0.25, 0.3) is 0 Å². The molecule has 1 aliphatic carbocycles. The summed E-state index contributed by atoms with van der Waals surface area (Å²) in [4.78, 5) is 23.4.